The van der Waals surface area contributed by atoms with Gasteiger partial charge in [0.2, 0.25) is 0 Å². The predicted octanol–water partition coefficient (Wildman–Crippen LogP) is -1.31. The summed E-state index contributed by atoms with van der Waals surface area (Å²) in [5.41, 5.74) is 10.8. The van der Waals surface area contributed by atoms with E-state index in [2.05, 4.69) is 5.32 Å². The molecule has 1 atom stereocenters. The Bertz CT molecular complexity index is 161. The van der Waals surface area contributed by atoms with E-state index in [0.717, 1.165) is 6.42 Å². The van der Waals surface area contributed by atoms with Gasteiger partial charge in [0.25, 0.3) is 0 Å². The first-order valence-corrected chi connectivity index (χ1v) is 4.24. The molecule has 1 aliphatic rings. The number of amides is 2. The molecule has 1 aliphatic heterocycles. The van der Waals surface area contributed by atoms with Crippen LogP contribution in [0, 0.1) is 0 Å². The van der Waals surface area contributed by atoms with E-state index >= 15 is 0 Å². The molecule has 0 radical (unpaired) electrons. The van der Waals surface area contributed by atoms with Gasteiger partial charge >= 0.3 is 6.03 Å². The SMILES string of the molecule is NCCC1CNC(=O)N1CCN. The summed E-state index contributed by atoms with van der Waals surface area (Å²) < 4.78 is 0. The highest BCUT2D eigenvalue weighted by Gasteiger charge is 2.28. The van der Waals surface area contributed by atoms with Crippen LogP contribution in [0.5, 0.6) is 0 Å². The van der Waals surface area contributed by atoms with E-state index in [4.69, 9.17) is 11.5 Å². The molecule has 70 valence electrons. The number of rotatable bonds is 4. The molecule has 0 spiro atoms. The Morgan fingerprint density at radius 1 is 1.50 bits per heavy atom. The van der Waals surface area contributed by atoms with Gasteiger partial charge in [-0.1, -0.05) is 0 Å². The van der Waals surface area contributed by atoms with Crippen molar-refractivity contribution >= 4 is 6.03 Å². The largest absolute Gasteiger partial charge is 0.336 e. The maximum absolute atomic E-state index is 11.2. The van der Waals surface area contributed by atoms with Crippen molar-refractivity contribution in [1.82, 2.24) is 10.2 Å². The van der Waals surface area contributed by atoms with E-state index in [0.29, 0.717) is 26.2 Å². The molecule has 0 saturated carbocycles. The molecule has 1 unspecified atom stereocenters. The normalized spacial score (nSPS) is 23.0. The van der Waals surface area contributed by atoms with E-state index in [9.17, 15) is 4.79 Å². The molecule has 1 saturated heterocycles. The van der Waals surface area contributed by atoms with Gasteiger partial charge in [-0.3, -0.25) is 0 Å². The summed E-state index contributed by atoms with van der Waals surface area (Å²) >= 11 is 0. The maximum Gasteiger partial charge on any atom is 0.317 e. The molecule has 2 amide bonds. The molecule has 5 nitrogen and oxygen atoms in total. The summed E-state index contributed by atoms with van der Waals surface area (Å²) in [6.07, 6.45) is 0.846. The monoisotopic (exact) mass is 172 g/mol. The first kappa shape index (κ1) is 9.28. The average molecular weight is 172 g/mol. The standard InChI is InChI=1S/C7H16N4O/c8-2-1-6-5-10-7(12)11(6)4-3-9/h6H,1-5,8-9H2,(H,10,12). The van der Waals surface area contributed by atoms with Crippen molar-refractivity contribution in [2.24, 2.45) is 11.5 Å². The number of carbonyl (C=O) groups excluding carboxylic acids is 1. The molecule has 0 bridgehead atoms. The Balaban J connectivity index is 2.45. The van der Waals surface area contributed by atoms with Gasteiger partial charge in [-0.05, 0) is 13.0 Å². The Kier molecular flexibility index (Phi) is 3.31. The van der Waals surface area contributed by atoms with Gasteiger partial charge in [-0.15, -0.1) is 0 Å². The number of nitrogens with two attached hydrogens (primary N) is 2. The van der Waals surface area contributed by atoms with Crippen molar-refractivity contribution in [1.29, 1.82) is 0 Å². The van der Waals surface area contributed by atoms with Gasteiger partial charge in [-0.25, -0.2) is 4.79 Å². The van der Waals surface area contributed by atoms with Crippen LogP contribution in [0.3, 0.4) is 0 Å². The lowest BCUT2D eigenvalue weighted by atomic mass is 10.2. The second-order valence-electron chi connectivity index (χ2n) is 2.90. The minimum atomic E-state index is -0.0149. The van der Waals surface area contributed by atoms with E-state index in [1.807, 2.05) is 0 Å². The molecule has 5 heteroatoms. The number of carbonyl (C=O) groups is 1. The average Bonchev–Trinajstić information content (AvgIpc) is 2.37. The molecular formula is C7H16N4O. The molecule has 0 aromatic heterocycles. The van der Waals surface area contributed by atoms with Crippen LogP contribution in [0.25, 0.3) is 0 Å². The summed E-state index contributed by atoms with van der Waals surface area (Å²) in [5.74, 6) is 0. The number of nitrogens with zero attached hydrogens (tertiary/aromatic N) is 1. The molecule has 1 rings (SSSR count). The number of urea groups is 1. The first-order chi connectivity index (χ1) is 5.79. The van der Waals surface area contributed by atoms with Crippen molar-refractivity contribution in [3.8, 4) is 0 Å². The lowest BCUT2D eigenvalue weighted by Gasteiger charge is -2.21. The third-order valence-electron chi connectivity index (χ3n) is 2.06. The Morgan fingerprint density at radius 2 is 2.25 bits per heavy atom. The van der Waals surface area contributed by atoms with Gasteiger partial charge in [0.15, 0.2) is 0 Å². The quantitative estimate of drug-likeness (QED) is 0.492. The van der Waals surface area contributed by atoms with Crippen molar-refractivity contribution in [3.63, 3.8) is 0 Å². The third-order valence-corrected chi connectivity index (χ3v) is 2.06. The molecule has 1 heterocycles. The number of nitrogens with one attached hydrogen (secondary N) is 1. The van der Waals surface area contributed by atoms with Crippen LogP contribution in [-0.2, 0) is 0 Å². The summed E-state index contributed by atoms with van der Waals surface area (Å²) in [5, 5.41) is 2.77. The predicted molar refractivity (Wildman–Crippen MR) is 46.6 cm³/mol. The van der Waals surface area contributed by atoms with E-state index in [-0.39, 0.29) is 12.1 Å². The Hall–Kier alpha value is -0.810. The van der Waals surface area contributed by atoms with Crippen molar-refractivity contribution in [2.75, 3.05) is 26.2 Å². The summed E-state index contributed by atoms with van der Waals surface area (Å²) in [4.78, 5) is 12.9. The molecule has 12 heavy (non-hydrogen) atoms. The minimum absolute atomic E-state index is 0.0149. The lowest BCUT2D eigenvalue weighted by Crippen LogP contribution is -2.38. The van der Waals surface area contributed by atoms with Crippen LogP contribution in [0.1, 0.15) is 6.42 Å². The number of hydrogen-bond acceptors (Lipinski definition) is 3. The fourth-order valence-corrected chi connectivity index (χ4v) is 1.46. The molecule has 0 aliphatic carbocycles. The van der Waals surface area contributed by atoms with Crippen LogP contribution >= 0.6 is 0 Å². The fraction of sp³-hybridized carbons (Fsp3) is 0.857. The van der Waals surface area contributed by atoms with Crippen LogP contribution in [-0.4, -0.2) is 43.2 Å². The fourth-order valence-electron chi connectivity index (χ4n) is 1.46. The summed E-state index contributed by atoms with van der Waals surface area (Å²) in [7, 11) is 0. The maximum atomic E-state index is 11.2. The van der Waals surface area contributed by atoms with Gasteiger partial charge in [0, 0.05) is 19.6 Å². The molecule has 0 aromatic carbocycles. The molecule has 0 aromatic rings. The molecular weight excluding hydrogens is 156 g/mol. The Labute approximate surface area is 72.1 Å². The van der Waals surface area contributed by atoms with Gasteiger partial charge < -0.3 is 21.7 Å². The van der Waals surface area contributed by atoms with E-state index in [1.165, 1.54) is 0 Å². The van der Waals surface area contributed by atoms with Crippen LogP contribution in [0.2, 0.25) is 0 Å². The Morgan fingerprint density at radius 3 is 2.83 bits per heavy atom. The van der Waals surface area contributed by atoms with Crippen LogP contribution in [0.4, 0.5) is 4.79 Å². The number of hydrogen-bond donors (Lipinski definition) is 3. The summed E-state index contributed by atoms with van der Waals surface area (Å²) in [6.45, 7) is 2.45. The van der Waals surface area contributed by atoms with Gasteiger partial charge in [-0.2, -0.15) is 0 Å². The first-order valence-electron chi connectivity index (χ1n) is 4.24. The molecule has 5 N–H and O–H groups in total. The van der Waals surface area contributed by atoms with Crippen molar-refractivity contribution in [3.05, 3.63) is 0 Å². The van der Waals surface area contributed by atoms with E-state index < -0.39 is 0 Å². The second-order valence-corrected chi connectivity index (χ2v) is 2.90. The molecule has 1 fully saturated rings. The highest BCUT2D eigenvalue weighted by molar-refractivity contribution is 5.76. The summed E-state index contributed by atoms with van der Waals surface area (Å²) in [6, 6.07) is 0.227. The zero-order valence-electron chi connectivity index (χ0n) is 7.12. The smallest absolute Gasteiger partial charge is 0.317 e. The zero-order valence-corrected chi connectivity index (χ0v) is 7.12. The van der Waals surface area contributed by atoms with Gasteiger partial charge in [0.05, 0.1) is 6.04 Å². The minimum Gasteiger partial charge on any atom is -0.336 e. The van der Waals surface area contributed by atoms with Crippen LogP contribution in [0.15, 0.2) is 0 Å². The highest BCUT2D eigenvalue weighted by atomic mass is 16.2. The van der Waals surface area contributed by atoms with E-state index in [1.54, 1.807) is 4.90 Å². The second kappa shape index (κ2) is 4.27. The lowest BCUT2D eigenvalue weighted by molar-refractivity contribution is 0.203. The zero-order chi connectivity index (χ0) is 8.97. The third kappa shape index (κ3) is 1.86. The topological polar surface area (TPSA) is 84.4 Å². The van der Waals surface area contributed by atoms with Gasteiger partial charge in [0.1, 0.15) is 0 Å². The highest BCUT2D eigenvalue weighted by Crippen LogP contribution is 2.08. The van der Waals surface area contributed by atoms with Crippen LogP contribution < -0.4 is 16.8 Å². The van der Waals surface area contributed by atoms with Crippen molar-refractivity contribution < 1.29 is 4.79 Å². The van der Waals surface area contributed by atoms with Crippen molar-refractivity contribution in [2.45, 2.75) is 12.5 Å².